The minimum Gasteiger partial charge on any atom is -0.340 e. The summed E-state index contributed by atoms with van der Waals surface area (Å²) in [6, 6.07) is 6.83. The lowest BCUT2D eigenvalue weighted by atomic mass is 9.57. The third-order valence-electron chi connectivity index (χ3n) is 7.48. The third-order valence-corrected chi connectivity index (χ3v) is 7.72. The Bertz CT molecular complexity index is 1190. The van der Waals surface area contributed by atoms with E-state index in [1.807, 2.05) is 6.07 Å². The van der Waals surface area contributed by atoms with E-state index in [-0.39, 0.29) is 5.41 Å². The van der Waals surface area contributed by atoms with Crippen molar-refractivity contribution in [3.05, 3.63) is 58.6 Å². The van der Waals surface area contributed by atoms with Crippen molar-refractivity contribution in [2.75, 3.05) is 18.0 Å². The molecule has 164 valence electrons. The van der Waals surface area contributed by atoms with Gasteiger partial charge in [-0.2, -0.15) is 0 Å². The van der Waals surface area contributed by atoms with Crippen LogP contribution in [-0.2, 0) is 13.1 Å². The van der Waals surface area contributed by atoms with Gasteiger partial charge in [-0.15, -0.1) is 10.2 Å². The minimum atomic E-state index is -0.401. The van der Waals surface area contributed by atoms with Crippen molar-refractivity contribution in [2.45, 2.75) is 50.7 Å². The number of anilines is 1. The van der Waals surface area contributed by atoms with Crippen molar-refractivity contribution in [2.24, 2.45) is 5.41 Å². The second-order valence-electron chi connectivity index (χ2n) is 9.88. The molecule has 2 saturated carbocycles. The average molecular weight is 452 g/mol. The van der Waals surface area contributed by atoms with Gasteiger partial charge in [0.1, 0.15) is 5.82 Å². The first kappa shape index (κ1) is 18.9. The Kier molecular flexibility index (Phi) is 3.97. The molecule has 4 heterocycles. The molecule has 4 aliphatic rings. The molecule has 0 bridgehead atoms. The summed E-state index contributed by atoms with van der Waals surface area (Å²) < 4.78 is 15.4. The van der Waals surface area contributed by atoms with Crippen LogP contribution < -0.4 is 4.90 Å². The molecular formula is C23H23ClFN7. The molecular weight excluding hydrogens is 429 g/mol. The van der Waals surface area contributed by atoms with Gasteiger partial charge in [0.2, 0.25) is 5.95 Å². The molecule has 1 aromatic carbocycles. The maximum atomic E-state index is 13.1. The first-order chi connectivity index (χ1) is 15.6. The molecule has 1 spiro atoms. The monoisotopic (exact) mass is 451 g/mol. The molecule has 0 atom stereocenters. The maximum Gasteiger partial charge on any atom is 0.225 e. The van der Waals surface area contributed by atoms with E-state index < -0.39 is 5.82 Å². The molecule has 2 aliphatic carbocycles. The van der Waals surface area contributed by atoms with Crippen LogP contribution in [0.3, 0.4) is 0 Å². The van der Waals surface area contributed by atoms with Crippen LogP contribution in [0, 0.1) is 11.2 Å². The summed E-state index contributed by atoms with van der Waals surface area (Å²) in [4.78, 5) is 12.9. The van der Waals surface area contributed by atoms with Crippen LogP contribution in [0.25, 0.3) is 5.69 Å². The summed E-state index contributed by atoms with van der Waals surface area (Å²) in [5.41, 5.74) is 2.70. The second-order valence-corrected chi connectivity index (χ2v) is 10.3. The van der Waals surface area contributed by atoms with Crippen molar-refractivity contribution >= 4 is 17.5 Å². The fourth-order valence-electron chi connectivity index (χ4n) is 5.81. The number of fused-ring (bicyclic) bond motifs is 3. The molecule has 1 saturated heterocycles. The van der Waals surface area contributed by atoms with Gasteiger partial charge in [0.05, 0.1) is 24.6 Å². The zero-order chi connectivity index (χ0) is 21.4. The molecule has 32 heavy (non-hydrogen) atoms. The first-order valence-electron chi connectivity index (χ1n) is 11.3. The zero-order valence-electron chi connectivity index (χ0n) is 17.6. The van der Waals surface area contributed by atoms with Gasteiger partial charge < -0.3 is 4.90 Å². The van der Waals surface area contributed by atoms with E-state index in [1.54, 1.807) is 0 Å². The quantitative estimate of drug-likeness (QED) is 0.605. The Morgan fingerprint density at radius 1 is 1.03 bits per heavy atom. The van der Waals surface area contributed by atoms with Crippen LogP contribution in [-0.4, -0.2) is 48.8 Å². The Balaban J connectivity index is 1.14. The van der Waals surface area contributed by atoms with E-state index in [4.69, 9.17) is 11.6 Å². The number of rotatable bonds is 3. The number of halogens is 2. The van der Waals surface area contributed by atoms with Crippen LogP contribution in [0.4, 0.5) is 10.3 Å². The van der Waals surface area contributed by atoms with Crippen LogP contribution in [0.2, 0.25) is 5.02 Å². The highest BCUT2D eigenvalue weighted by atomic mass is 35.5. The molecule has 7 nitrogen and oxygen atoms in total. The van der Waals surface area contributed by atoms with Crippen molar-refractivity contribution in [3.63, 3.8) is 0 Å². The van der Waals surface area contributed by atoms with Gasteiger partial charge in [0.15, 0.2) is 11.6 Å². The van der Waals surface area contributed by atoms with Crippen LogP contribution >= 0.6 is 11.6 Å². The minimum absolute atomic E-state index is 0.280. The topological polar surface area (TPSA) is 63.0 Å². The molecule has 0 amide bonds. The number of hydrogen-bond donors (Lipinski definition) is 0. The molecule has 3 fully saturated rings. The largest absolute Gasteiger partial charge is 0.340 e. The lowest BCUT2D eigenvalue weighted by Gasteiger charge is -2.58. The van der Waals surface area contributed by atoms with E-state index in [0.29, 0.717) is 17.9 Å². The lowest BCUT2D eigenvalue weighted by Crippen LogP contribution is -2.62. The van der Waals surface area contributed by atoms with E-state index in [0.717, 1.165) is 55.7 Å². The standard InChI is InChI=1S/C23H23ClFN7/c24-16-1-4-19-14(5-16)10-30(18-2-3-18)11-20-28-29-21(32(19)20)15-6-23(7-15)12-31(13-23)22-26-8-17(25)9-27-22/h1,4-5,8-9,15,18H,2-3,6-7,10-13H2. The zero-order valence-corrected chi connectivity index (χ0v) is 18.3. The fourth-order valence-corrected chi connectivity index (χ4v) is 6.01. The van der Waals surface area contributed by atoms with Gasteiger partial charge >= 0.3 is 0 Å². The smallest absolute Gasteiger partial charge is 0.225 e. The summed E-state index contributed by atoms with van der Waals surface area (Å²) >= 11 is 6.36. The van der Waals surface area contributed by atoms with Crippen molar-refractivity contribution in [1.29, 1.82) is 0 Å². The Labute approximate surface area is 190 Å². The molecule has 2 aliphatic heterocycles. The fraction of sp³-hybridized carbons (Fsp3) is 0.478. The van der Waals surface area contributed by atoms with E-state index in [9.17, 15) is 4.39 Å². The Morgan fingerprint density at radius 3 is 2.56 bits per heavy atom. The second kappa shape index (κ2) is 6.71. The summed E-state index contributed by atoms with van der Waals surface area (Å²) in [7, 11) is 0. The normalized spacial score (nSPS) is 22.1. The highest BCUT2D eigenvalue weighted by molar-refractivity contribution is 6.30. The van der Waals surface area contributed by atoms with Crippen molar-refractivity contribution < 1.29 is 4.39 Å². The van der Waals surface area contributed by atoms with E-state index in [1.165, 1.54) is 36.5 Å². The highest BCUT2D eigenvalue weighted by Gasteiger charge is 2.54. The number of aromatic nitrogens is 5. The summed E-state index contributed by atoms with van der Waals surface area (Å²) in [6.45, 7) is 3.57. The van der Waals surface area contributed by atoms with Gasteiger partial charge in [-0.25, -0.2) is 14.4 Å². The molecule has 9 heteroatoms. The first-order valence-corrected chi connectivity index (χ1v) is 11.6. The molecule has 2 aromatic heterocycles. The van der Waals surface area contributed by atoms with Gasteiger partial charge in [-0.05, 0) is 49.4 Å². The SMILES string of the molecule is Fc1cnc(N2CC3(CC(c4nnc5n4-c4ccc(Cl)cc4CN(C4CC4)C5)C3)C2)nc1. The lowest BCUT2D eigenvalue weighted by molar-refractivity contribution is 0.0574. The molecule has 7 rings (SSSR count). The van der Waals surface area contributed by atoms with Crippen LogP contribution in [0.15, 0.2) is 30.6 Å². The van der Waals surface area contributed by atoms with E-state index >= 15 is 0 Å². The predicted molar refractivity (Wildman–Crippen MR) is 117 cm³/mol. The van der Waals surface area contributed by atoms with Crippen molar-refractivity contribution in [3.8, 4) is 5.69 Å². The third kappa shape index (κ3) is 2.96. The van der Waals surface area contributed by atoms with Gasteiger partial charge in [0.25, 0.3) is 0 Å². The number of nitrogens with zero attached hydrogens (tertiary/aromatic N) is 7. The molecule has 0 unspecified atom stereocenters. The Morgan fingerprint density at radius 2 is 1.81 bits per heavy atom. The Hall–Kier alpha value is -2.58. The number of hydrogen-bond acceptors (Lipinski definition) is 6. The van der Waals surface area contributed by atoms with Crippen molar-refractivity contribution in [1.82, 2.24) is 29.6 Å². The number of benzene rings is 1. The summed E-state index contributed by atoms with van der Waals surface area (Å²) in [6.07, 6.45) is 7.15. The molecule has 0 N–H and O–H groups in total. The highest BCUT2D eigenvalue weighted by Crippen LogP contribution is 2.56. The predicted octanol–water partition coefficient (Wildman–Crippen LogP) is 3.71. The van der Waals surface area contributed by atoms with Crippen LogP contribution in [0.1, 0.15) is 48.8 Å². The summed E-state index contributed by atoms with van der Waals surface area (Å²) in [5.74, 6) is 2.71. The molecule has 3 aromatic rings. The van der Waals surface area contributed by atoms with Gasteiger partial charge in [-0.3, -0.25) is 9.47 Å². The average Bonchev–Trinajstić information content (AvgIpc) is 3.51. The van der Waals surface area contributed by atoms with Gasteiger partial charge in [-0.1, -0.05) is 11.6 Å². The molecule has 0 radical (unpaired) electrons. The maximum absolute atomic E-state index is 13.1. The van der Waals surface area contributed by atoms with Crippen LogP contribution in [0.5, 0.6) is 0 Å². The van der Waals surface area contributed by atoms with E-state index in [2.05, 4.69) is 46.7 Å². The van der Waals surface area contributed by atoms with Gasteiger partial charge in [0, 0.05) is 42.0 Å². The summed E-state index contributed by atoms with van der Waals surface area (Å²) in [5, 5.41) is 10.1.